The molecule has 0 atom stereocenters. The SMILES string of the molecule is CCn1cc(NC(=O)NCCCN2CCN(Cc3ccccc3)CC2)cn1. The predicted octanol–water partition coefficient (Wildman–Crippen LogP) is 2.23. The van der Waals surface area contributed by atoms with E-state index < -0.39 is 0 Å². The van der Waals surface area contributed by atoms with E-state index in [1.165, 1.54) is 5.56 Å². The number of nitrogens with one attached hydrogen (secondary N) is 2. The van der Waals surface area contributed by atoms with Crippen LogP contribution < -0.4 is 10.6 Å². The van der Waals surface area contributed by atoms with E-state index in [9.17, 15) is 4.79 Å². The maximum Gasteiger partial charge on any atom is 0.319 e. The summed E-state index contributed by atoms with van der Waals surface area (Å²) in [6.07, 6.45) is 4.45. The van der Waals surface area contributed by atoms with Gasteiger partial charge in [0.2, 0.25) is 0 Å². The Morgan fingerprint density at radius 2 is 1.85 bits per heavy atom. The topological polar surface area (TPSA) is 65.4 Å². The van der Waals surface area contributed by atoms with Crippen LogP contribution in [0, 0.1) is 0 Å². The van der Waals surface area contributed by atoms with Gasteiger partial charge in [-0.3, -0.25) is 9.58 Å². The number of urea groups is 1. The maximum absolute atomic E-state index is 11.9. The smallest absolute Gasteiger partial charge is 0.319 e. The molecule has 146 valence electrons. The lowest BCUT2D eigenvalue weighted by molar-refractivity contribution is 0.126. The number of hydrogen-bond acceptors (Lipinski definition) is 4. The molecule has 0 spiro atoms. The van der Waals surface area contributed by atoms with Gasteiger partial charge in [0.25, 0.3) is 0 Å². The summed E-state index contributed by atoms with van der Waals surface area (Å²) in [5.74, 6) is 0. The average molecular weight is 371 g/mol. The third kappa shape index (κ3) is 6.37. The fourth-order valence-electron chi connectivity index (χ4n) is 3.29. The molecule has 0 saturated carbocycles. The quantitative estimate of drug-likeness (QED) is 0.700. The van der Waals surface area contributed by atoms with Crippen LogP contribution in [0.4, 0.5) is 10.5 Å². The standard InChI is InChI=1S/C20H30N6O/c1-2-26-17-19(15-22-26)23-20(27)21-9-6-10-24-11-13-25(14-12-24)16-18-7-4-3-5-8-18/h3-5,7-8,15,17H,2,6,9-14,16H2,1H3,(H2,21,23,27). The predicted molar refractivity (Wildman–Crippen MR) is 108 cm³/mol. The number of hydrogen-bond donors (Lipinski definition) is 2. The van der Waals surface area contributed by atoms with Gasteiger partial charge in [-0.05, 0) is 25.5 Å². The van der Waals surface area contributed by atoms with Crippen LogP contribution in [0.2, 0.25) is 0 Å². The molecule has 2 amide bonds. The molecule has 7 nitrogen and oxygen atoms in total. The molecule has 2 aromatic rings. The summed E-state index contributed by atoms with van der Waals surface area (Å²) in [7, 11) is 0. The largest absolute Gasteiger partial charge is 0.338 e. The van der Waals surface area contributed by atoms with Crippen molar-refractivity contribution in [3.8, 4) is 0 Å². The molecule has 0 unspecified atom stereocenters. The number of aryl methyl sites for hydroxylation is 1. The second-order valence-electron chi connectivity index (χ2n) is 6.92. The Labute approximate surface area is 161 Å². The fourth-order valence-corrected chi connectivity index (χ4v) is 3.29. The molecule has 1 aromatic heterocycles. The summed E-state index contributed by atoms with van der Waals surface area (Å²) >= 11 is 0. The van der Waals surface area contributed by atoms with Crippen molar-refractivity contribution < 1.29 is 4.79 Å². The van der Waals surface area contributed by atoms with Crippen LogP contribution in [0.1, 0.15) is 18.9 Å². The third-order valence-electron chi connectivity index (χ3n) is 4.87. The third-order valence-corrected chi connectivity index (χ3v) is 4.87. The molecule has 27 heavy (non-hydrogen) atoms. The second-order valence-corrected chi connectivity index (χ2v) is 6.92. The van der Waals surface area contributed by atoms with Crippen molar-refractivity contribution in [2.45, 2.75) is 26.4 Å². The van der Waals surface area contributed by atoms with Gasteiger partial charge in [0.05, 0.1) is 11.9 Å². The zero-order valence-electron chi connectivity index (χ0n) is 16.1. The minimum Gasteiger partial charge on any atom is -0.338 e. The van der Waals surface area contributed by atoms with Gasteiger partial charge in [-0.25, -0.2) is 4.79 Å². The van der Waals surface area contributed by atoms with E-state index in [0.717, 1.165) is 57.9 Å². The Kier molecular flexibility index (Phi) is 7.24. The Morgan fingerprint density at radius 1 is 1.11 bits per heavy atom. The van der Waals surface area contributed by atoms with Crippen LogP contribution in [0.5, 0.6) is 0 Å². The minimum atomic E-state index is -0.168. The van der Waals surface area contributed by atoms with Gasteiger partial charge >= 0.3 is 6.03 Å². The molecule has 1 fully saturated rings. The first kappa shape index (κ1) is 19.4. The molecule has 0 aliphatic carbocycles. The van der Waals surface area contributed by atoms with Crippen molar-refractivity contribution >= 4 is 11.7 Å². The molecule has 3 rings (SSSR count). The van der Waals surface area contributed by atoms with Crippen LogP contribution >= 0.6 is 0 Å². The lowest BCUT2D eigenvalue weighted by Gasteiger charge is -2.34. The number of carbonyl (C=O) groups excluding carboxylic acids is 1. The first-order valence-corrected chi connectivity index (χ1v) is 9.79. The summed E-state index contributed by atoms with van der Waals surface area (Å²) in [5, 5.41) is 9.87. The Hall–Kier alpha value is -2.38. The van der Waals surface area contributed by atoms with Gasteiger partial charge in [0.15, 0.2) is 0 Å². The van der Waals surface area contributed by atoms with E-state index in [0.29, 0.717) is 6.54 Å². The molecule has 2 heterocycles. The van der Waals surface area contributed by atoms with Crippen molar-refractivity contribution in [3.63, 3.8) is 0 Å². The van der Waals surface area contributed by atoms with E-state index in [2.05, 4.69) is 55.9 Å². The summed E-state index contributed by atoms with van der Waals surface area (Å²) in [6, 6.07) is 10.5. The average Bonchev–Trinajstić information content (AvgIpc) is 3.15. The number of amides is 2. The van der Waals surface area contributed by atoms with E-state index >= 15 is 0 Å². The normalized spacial score (nSPS) is 15.6. The molecular weight excluding hydrogens is 340 g/mol. The lowest BCUT2D eigenvalue weighted by Crippen LogP contribution is -2.46. The number of carbonyl (C=O) groups is 1. The minimum absolute atomic E-state index is 0.168. The van der Waals surface area contributed by atoms with E-state index in [-0.39, 0.29) is 6.03 Å². The zero-order chi connectivity index (χ0) is 18.9. The van der Waals surface area contributed by atoms with Crippen LogP contribution in [0.25, 0.3) is 0 Å². The Morgan fingerprint density at radius 3 is 2.56 bits per heavy atom. The first-order valence-electron chi connectivity index (χ1n) is 9.79. The Bertz CT molecular complexity index is 694. The van der Waals surface area contributed by atoms with Crippen molar-refractivity contribution in [2.75, 3.05) is 44.6 Å². The highest BCUT2D eigenvalue weighted by Crippen LogP contribution is 2.08. The Balaban J connectivity index is 1.26. The highest BCUT2D eigenvalue weighted by Gasteiger charge is 2.16. The molecular formula is C20H30N6O. The summed E-state index contributed by atoms with van der Waals surface area (Å²) < 4.78 is 1.78. The van der Waals surface area contributed by atoms with E-state index in [1.54, 1.807) is 10.9 Å². The van der Waals surface area contributed by atoms with E-state index in [1.807, 2.05) is 13.1 Å². The summed E-state index contributed by atoms with van der Waals surface area (Å²) in [4.78, 5) is 16.9. The zero-order valence-corrected chi connectivity index (χ0v) is 16.1. The van der Waals surface area contributed by atoms with Crippen molar-refractivity contribution in [2.24, 2.45) is 0 Å². The first-order chi connectivity index (χ1) is 13.2. The van der Waals surface area contributed by atoms with Gasteiger partial charge in [-0.1, -0.05) is 30.3 Å². The maximum atomic E-state index is 11.9. The summed E-state index contributed by atoms with van der Waals surface area (Å²) in [6.45, 7) is 9.93. The van der Waals surface area contributed by atoms with Crippen molar-refractivity contribution in [1.29, 1.82) is 0 Å². The monoisotopic (exact) mass is 370 g/mol. The molecule has 0 radical (unpaired) electrons. The number of nitrogens with zero attached hydrogens (tertiary/aromatic N) is 4. The van der Waals surface area contributed by atoms with Gasteiger partial charge in [0.1, 0.15) is 0 Å². The van der Waals surface area contributed by atoms with Crippen molar-refractivity contribution in [3.05, 3.63) is 48.3 Å². The van der Waals surface area contributed by atoms with Gasteiger partial charge in [-0.2, -0.15) is 5.10 Å². The molecule has 7 heteroatoms. The molecule has 1 aliphatic rings. The van der Waals surface area contributed by atoms with Crippen LogP contribution in [0.3, 0.4) is 0 Å². The van der Waals surface area contributed by atoms with Crippen LogP contribution in [-0.2, 0) is 13.1 Å². The lowest BCUT2D eigenvalue weighted by atomic mass is 10.2. The van der Waals surface area contributed by atoms with Gasteiger partial charge in [0, 0.05) is 52.0 Å². The van der Waals surface area contributed by atoms with Crippen LogP contribution in [-0.4, -0.2) is 64.9 Å². The van der Waals surface area contributed by atoms with Gasteiger partial charge < -0.3 is 15.5 Å². The molecule has 1 aliphatic heterocycles. The van der Waals surface area contributed by atoms with Gasteiger partial charge in [-0.15, -0.1) is 0 Å². The highest BCUT2D eigenvalue weighted by atomic mass is 16.2. The molecule has 0 bridgehead atoms. The second kappa shape index (κ2) is 10.1. The van der Waals surface area contributed by atoms with E-state index in [4.69, 9.17) is 0 Å². The number of benzene rings is 1. The molecule has 2 N–H and O–H groups in total. The molecule has 1 aromatic carbocycles. The summed E-state index contributed by atoms with van der Waals surface area (Å²) in [5.41, 5.74) is 2.11. The number of anilines is 1. The number of aromatic nitrogens is 2. The number of piperazine rings is 1. The number of rotatable bonds is 8. The highest BCUT2D eigenvalue weighted by molar-refractivity contribution is 5.88. The van der Waals surface area contributed by atoms with Crippen molar-refractivity contribution in [1.82, 2.24) is 24.9 Å². The van der Waals surface area contributed by atoms with Crippen LogP contribution in [0.15, 0.2) is 42.7 Å². The molecule has 1 saturated heterocycles. The fraction of sp³-hybridized carbons (Fsp3) is 0.500.